The van der Waals surface area contributed by atoms with Crippen molar-refractivity contribution in [2.24, 2.45) is 5.92 Å². The van der Waals surface area contributed by atoms with Gasteiger partial charge in [0.25, 0.3) is 0 Å². The highest BCUT2D eigenvalue weighted by molar-refractivity contribution is 7.92. The Kier molecular flexibility index (Phi) is 6.98. The molecule has 0 aliphatic rings. The summed E-state index contributed by atoms with van der Waals surface area (Å²) in [7, 11) is -2.08. The lowest BCUT2D eigenvalue weighted by molar-refractivity contribution is -0.139. The van der Waals surface area contributed by atoms with Crippen molar-refractivity contribution in [3.63, 3.8) is 0 Å². The molecule has 0 radical (unpaired) electrons. The maximum Gasteiger partial charge on any atom is 0.306 e. The van der Waals surface area contributed by atoms with Crippen LogP contribution >= 0.6 is 0 Å². The molecule has 2 N–H and O–H groups in total. The molecule has 0 aliphatic carbocycles. The van der Waals surface area contributed by atoms with Gasteiger partial charge < -0.3 is 15.2 Å². The molecule has 1 rings (SSSR count). The topological polar surface area (TPSA) is 110 Å². The van der Waals surface area contributed by atoms with E-state index >= 15 is 0 Å². The summed E-state index contributed by atoms with van der Waals surface area (Å²) in [4.78, 5) is 23.5. The number of sulfone groups is 1. The predicted octanol–water partition coefficient (Wildman–Crippen LogP) is 1.57. The Bertz CT molecular complexity index is 728. The number of hydrogen-bond acceptors (Lipinski definition) is 5. The van der Waals surface area contributed by atoms with Gasteiger partial charge in [0.05, 0.1) is 24.8 Å². The Morgan fingerprint density at radius 2 is 1.96 bits per heavy atom. The number of nitrogens with one attached hydrogen (secondary N) is 1. The summed E-state index contributed by atoms with van der Waals surface area (Å²) in [6.07, 6.45) is -0.393. The van der Waals surface area contributed by atoms with Gasteiger partial charge in [0.15, 0.2) is 9.84 Å². The number of methoxy groups -OCH3 is 1. The fourth-order valence-electron chi connectivity index (χ4n) is 2.60. The van der Waals surface area contributed by atoms with E-state index in [1.54, 1.807) is 45.0 Å². The molecule has 1 aromatic carbocycles. The Labute approximate surface area is 148 Å². The molecular formula is C17H25NO6S. The number of carboxylic acids is 1. The number of amides is 1. The second-order valence-electron chi connectivity index (χ2n) is 6.63. The number of carbonyl (C=O) groups is 2. The van der Waals surface area contributed by atoms with E-state index in [0.717, 1.165) is 0 Å². The van der Waals surface area contributed by atoms with E-state index in [1.165, 1.54) is 7.11 Å². The minimum absolute atomic E-state index is 0.0958. The zero-order valence-electron chi connectivity index (χ0n) is 14.9. The van der Waals surface area contributed by atoms with Gasteiger partial charge in [0.2, 0.25) is 5.91 Å². The summed E-state index contributed by atoms with van der Waals surface area (Å²) in [5.74, 6) is -2.21. The van der Waals surface area contributed by atoms with Crippen LogP contribution in [0.1, 0.15) is 32.8 Å². The molecule has 0 spiro atoms. The lowest BCUT2D eigenvalue weighted by atomic mass is 9.88. The second-order valence-corrected chi connectivity index (χ2v) is 8.74. The number of benzene rings is 1. The monoisotopic (exact) mass is 371 g/mol. The number of ether oxygens (including phenoxy) is 1. The average molecular weight is 371 g/mol. The van der Waals surface area contributed by atoms with Gasteiger partial charge in [-0.2, -0.15) is 0 Å². The molecular weight excluding hydrogens is 346 g/mol. The Morgan fingerprint density at radius 3 is 2.48 bits per heavy atom. The van der Waals surface area contributed by atoms with Crippen LogP contribution in [-0.2, 0) is 25.0 Å². The van der Waals surface area contributed by atoms with Gasteiger partial charge in [0, 0.05) is 0 Å². The molecule has 1 aromatic rings. The van der Waals surface area contributed by atoms with Crippen LogP contribution in [-0.4, -0.2) is 44.0 Å². The molecule has 0 saturated carbocycles. The first-order chi connectivity index (χ1) is 11.5. The van der Waals surface area contributed by atoms with Gasteiger partial charge in [-0.15, -0.1) is 0 Å². The number of hydrogen-bond donors (Lipinski definition) is 2. The van der Waals surface area contributed by atoms with E-state index in [4.69, 9.17) is 4.74 Å². The zero-order valence-corrected chi connectivity index (χ0v) is 15.7. The van der Waals surface area contributed by atoms with E-state index in [-0.39, 0.29) is 11.7 Å². The number of carboxylic acid groups (broad SMARTS) is 1. The van der Waals surface area contributed by atoms with E-state index in [0.29, 0.717) is 11.3 Å². The molecule has 1 amide bonds. The summed E-state index contributed by atoms with van der Waals surface area (Å²) in [6, 6.07) is 6.65. The van der Waals surface area contributed by atoms with Crippen molar-refractivity contribution in [2.45, 2.75) is 32.7 Å². The number of aliphatic carboxylic acids is 1. The highest BCUT2D eigenvalue weighted by atomic mass is 32.2. The van der Waals surface area contributed by atoms with E-state index in [2.05, 4.69) is 5.32 Å². The van der Waals surface area contributed by atoms with Crippen LogP contribution < -0.4 is 10.1 Å². The molecule has 0 saturated heterocycles. The normalized spacial score (nSPS) is 14.0. The SMILES string of the molecule is COc1cccc(C(C)(CC(=O)O)NC(=O)CS(=O)(=O)CC(C)C)c1. The highest BCUT2D eigenvalue weighted by Crippen LogP contribution is 2.28. The van der Waals surface area contributed by atoms with Crippen LogP contribution in [0.15, 0.2) is 24.3 Å². The summed E-state index contributed by atoms with van der Waals surface area (Å²) in [6.45, 7) is 5.04. The Hall–Kier alpha value is -2.09. The van der Waals surface area contributed by atoms with Gasteiger partial charge >= 0.3 is 5.97 Å². The zero-order chi connectivity index (χ0) is 19.3. The van der Waals surface area contributed by atoms with Crippen molar-refractivity contribution in [3.8, 4) is 5.75 Å². The van der Waals surface area contributed by atoms with Crippen LogP contribution in [0.2, 0.25) is 0 Å². The molecule has 140 valence electrons. The van der Waals surface area contributed by atoms with Crippen molar-refractivity contribution >= 4 is 21.7 Å². The molecule has 7 nitrogen and oxygen atoms in total. The molecule has 8 heteroatoms. The van der Waals surface area contributed by atoms with E-state index in [9.17, 15) is 23.1 Å². The van der Waals surface area contributed by atoms with E-state index < -0.39 is 39.4 Å². The fraction of sp³-hybridized carbons (Fsp3) is 0.529. The van der Waals surface area contributed by atoms with Crippen molar-refractivity contribution in [1.29, 1.82) is 0 Å². The molecule has 1 unspecified atom stereocenters. The average Bonchev–Trinajstić information content (AvgIpc) is 2.43. The van der Waals surface area contributed by atoms with Crippen LogP contribution in [0.3, 0.4) is 0 Å². The van der Waals surface area contributed by atoms with Crippen LogP contribution in [0.5, 0.6) is 5.75 Å². The maximum atomic E-state index is 12.3. The lowest BCUT2D eigenvalue weighted by Crippen LogP contribution is -2.47. The predicted molar refractivity (Wildman–Crippen MR) is 94.2 cm³/mol. The molecule has 0 aromatic heterocycles. The third-order valence-corrected chi connectivity index (χ3v) is 5.44. The maximum absolute atomic E-state index is 12.3. The van der Waals surface area contributed by atoms with Crippen molar-refractivity contribution in [3.05, 3.63) is 29.8 Å². The number of rotatable bonds is 9. The standard InChI is InChI=1S/C17H25NO6S/c1-12(2)10-25(22,23)11-15(19)18-17(3,9-16(20)21)13-6-5-7-14(8-13)24-4/h5-8,12H,9-11H2,1-4H3,(H,18,19)(H,20,21). The first-order valence-corrected chi connectivity index (χ1v) is 9.67. The van der Waals surface area contributed by atoms with Gasteiger partial charge in [-0.25, -0.2) is 8.42 Å². The first kappa shape index (κ1) is 21.0. The molecule has 0 heterocycles. The first-order valence-electron chi connectivity index (χ1n) is 7.85. The van der Waals surface area contributed by atoms with Crippen molar-refractivity contribution < 1.29 is 27.9 Å². The smallest absolute Gasteiger partial charge is 0.306 e. The minimum atomic E-state index is -3.56. The largest absolute Gasteiger partial charge is 0.497 e. The second kappa shape index (κ2) is 8.33. The highest BCUT2D eigenvalue weighted by Gasteiger charge is 2.33. The molecule has 0 aliphatic heterocycles. The molecule has 25 heavy (non-hydrogen) atoms. The molecule has 1 atom stereocenters. The molecule has 0 bridgehead atoms. The van der Waals surface area contributed by atoms with Gasteiger partial charge in [-0.1, -0.05) is 26.0 Å². The van der Waals surface area contributed by atoms with Crippen LogP contribution in [0.25, 0.3) is 0 Å². The summed E-state index contributed by atoms with van der Waals surface area (Å²) >= 11 is 0. The third-order valence-electron chi connectivity index (χ3n) is 3.57. The minimum Gasteiger partial charge on any atom is -0.497 e. The summed E-state index contributed by atoms with van der Waals surface area (Å²) in [5.41, 5.74) is -0.742. The van der Waals surface area contributed by atoms with Crippen molar-refractivity contribution in [2.75, 3.05) is 18.6 Å². The molecule has 0 fully saturated rings. The summed E-state index contributed by atoms with van der Waals surface area (Å²) < 4.78 is 29.1. The quantitative estimate of drug-likeness (QED) is 0.682. The van der Waals surface area contributed by atoms with Crippen LogP contribution in [0, 0.1) is 5.92 Å². The fourth-order valence-corrected chi connectivity index (χ4v) is 4.20. The van der Waals surface area contributed by atoms with Crippen LogP contribution in [0.4, 0.5) is 0 Å². The Morgan fingerprint density at radius 1 is 1.32 bits per heavy atom. The van der Waals surface area contributed by atoms with Gasteiger partial charge in [-0.3, -0.25) is 9.59 Å². The van der Waals surface area contributed by atoms with E-state index in [1.807, 2.05) is 0 Å². The van der Waals surface area contributed by atoms with Gasteiger partial charge in [-0.05, 0) is 30.5 Å². The summed E-state index contributed by atoms with van der Waals surface area (Å²) in [5, 5.41) is 11.8. The lowest BCUT2D eigenvalue weighted by Gasteiger charge is -2.30. The Balaban J connectivity index is 3.06. The number of carbonyl (C=O) groups excluding carboxylic acids is 1. The van der Waals surface area contributed by atoms with Gasteiger partial charge in [0.1, 0.15) is 11.5 Å². The third kappa shape index (κ3) is 6.74. The van der Waals surface area contributed by atoms with Crippen molar-refractivity contribution in [1.82, 2.24) is 5.32 Å².